The van der Waals surface area contributed by atoms with E-state index < -0.39 is 0 Å². The molecule has 58 heavy (non-hydrogen) atoms. The van der Waals surface area contributed by atoms with Gasteiger partial charge >= 0.3 is 0 Å². The van der Waals surface area contributed by atoms with E-state index in [1.807, 2.05) is 0 Å². The van der Waals surface area contributed by atoms with Crippen molar-refractivity contribution in [2.75, 3.05) is 0 Å². The van der Waals surface area contributed by atoms with Crippen LogP contribution in [0, 0.1) is 0 Å². The van der Waals surface area contributed by atoms with Crippen LogP contribution in [0.25, 0.3) is 105 Å². The summed E-state index contributed by atoms with van der Waals surface area (Å²) in [5.41, 5.74) is 14.4. The Morgan fingerprint density at radius 2 is 1.00 bits per heavy atom. The number of hydrogen-bond acceptors (Lipinski definition) is 2. The van der Waals surface area contributed by atoms with Crippen molar-refractivity contribution in [1.29, 1.82) is 0 Å². The molecule has 3 nitrogen and oxygen atoms in total. The minimum absolute atomic E-state index is 0.0938. The largest absolute Gasteiger partial charge is 0.292 e. The summed E-state index contributed by atoms with van der Waals surface area (Å²) < 4.78 is 2.36. The molecule has 0 saturated carbocycles. The predicted octanol–water partition coefficient (Wildman–Crippen LogP) is 14.3. The van der Waals surface area contributed by atoms with E-state index >= 15 is 0 Å². The molecule has 0 fully saturated rings. The van der Waals surface area contributed by atoms with Gasteiger partial charge in [0.15, 0.2) is 5.82 Å². The van der Waals surface area contributed by atoms with Crippen LogP contribution in [0.15, 0.2) is 188 Å². The van der Waals surface area contributed by atoms with Crippen molar-refractivity contribution in [2.24, 2.45) is 0 Å². The van der Waals surface area contributed by atoms with Crippen LogP contribution < -0.4 is 0 Å². The van der Waals surface area contributed by atoms with Gasteiger partial charge in [-0.3, -0.25) is 4.57 Å². The first kappa shape index (κ1) is 32.8. The Morgan fingerprint density at radius 1 is 0.397 bits per heavy atom. The first-order valence-electron chi connectivity index (χ1n) is 20.1. The van der Waals surface area contributed by atoms with Gasteiger partial charge in [0, 0.05) is 32.5 Å². The zero-order chi connectivity index (χ0) is 38.5. The normalized spacial score (nSPS) is 13.1. The molecule has 1 aliphatic rings. The minimum atomic E-state index is -0.0938. The van der Waals surface area contributed by atoms with E-state index in [-0.39, 0.29) is 5.41 Å². The van der Waals surface area contributed by atoms with Crippen molar-refractivity contribution < 1.29 is 0 Å². The van der Waals surface area contributed by atoms with E-state index in [0.717, 1.165) is 44.3 Å². The van der Waals surface area contributed by atoms with Crippen LogP contribution in [0.1, 0.15) is 25.0 Å². The third-order valence-corrected chi connectivity index (χ3v) is 12.7. The second-order valence-corrected chi connectivity index (χ2v) is 16.1. The van der Waals surface area contributed by atoms with Crippen LogP contribution in [0.3, 0.4) is 0 Å². The zero-order valence-corrected chi connectivity index (χ0v) is 32.2. The quantitative estimate of drug-likeness (QED) is 0.180. The van der Waals surface area contributed by atoms with E-state index in [1.165, 1.54) is 71.4 Å². The molecule has 0 saturated heterocycles. The highest BCUT2D eigenvalue weighted by Crippen LogP contribution is 2.53. The number of fused-ring (bicyclic) bond motifs is 9. The van der Waals surface area contributed by atoms with Crippen LogP contribution in [-0.2, 0) is 5.41 Å². The first-order valence-corrected chi connectivity index (χ1v) is 20.1. The van der Waals surface area contributed by atoms with E-state index in [4.69, 9.17) is 10.2 Å². The third-order valence-electron chi connectivity index (χ3n) is 12.7. The van der Waals surface area contributed by atoms with Crippen LogP contribution in [-0.4, -0.2) is 14.8 Å². The number of hydrogen-bond donors (Lipinski definition) is 0. The summed E-state index contributed by atoms with van der Waals surface area (Å²) in [7, 11) is 0. The van der Waals surface area contributed by atoms with Gasteiger partial charge in [-0.1, -0.05) is 184 Å². The molecule has 0 radical (unpaired) electrons. The van der Waals surface area contributed by atoms with Gasteiger partial charge in [0.2, 0.25) is 0 Å². The van der Waals surface area contributed by atoms with Gasteiger partial charge < -0.3 is 0 Å². The number of rotatable bonds is 4. The Hall–Kier alpha value is -7.36. The molecule has 272 valence electrons. The summed E-state index contributed by atoms with van der Waals surface area (Å²) >= 11 is 0. The second kappa shape index (κ2) is 12.3. The van der Waals surface area contributed by atoms with Gasteiger partial charge in [-0.05, 0) is 84.3 Å². The fraction of sp³-hybridized carbons (Fsp3) is 0.0545. The minimum Gasteiger partial charge on any atom is -0.292 e. The van der Waals surface area contributed by atoms with E-state index in [0.29, 0.717) is 0 Å². The lowest BCUT2D eigenvalue weighted by atomic mass is 9.82. The van der Waals surface area contributed by atoms with Gasteiger partial charge in [0.1, 0.15) is 5.69 Å². The van der Waals surface area contributed by atoms with E-state index in [2.05, 4.69) is 206 Å². The lowest BCUT2D eigenvalue weighted by Gasteiger charge is -2.21. The maximum Gasteiger partial charge on any atom is 0.168 e. The van der Waals surface area contributed by atoms with Gasteiger partial charge in [0.25, 0.3) is 0 Å². The van der Waals surface area contributed by atoms with Gasteiger partial charge in [-0.15, -0.1) is 10.2 Å². The molecule has 0 atom stereocenters. The molecule has 0 N–H and O–H groups in total. The molecule has 3 heteroatoms. The van der Waals surface area contributed by atoms with Gasteiger partial charge in [0.05, 0.1) is 11.0 Å². The zero-order valence-electron chi connectivity index (χ0n) is 32.2. The number of aromatic nitrogens is 3. The molecular weight excluding hydrogens is 703 g/mol. The molecule has 0 spiro atoms. The fourth-order valence-electron chi connectivity index (χ4n) is 10.0. The number of nitrogens with zero attached hydrogens (tertiary/aromatic N) is 3. The maximum absolute atomic E-state index is 5.22. The van der Waals surface area contributed by atoms with Crippen LogP contribution in [0.2, 0.25) is 0 Å². The molecule has 1 aliphatic carbocycles. The Kier molecular flexibility index (Phi) is 6.98. The fourth-order valence-corrected chi connectivity index (χ4v) is 10.0. The Labute approximate surface area is 336 Å². The van der Waals surface area contributed by atoms with Crippen LogP contribution in [0.4, 0.5) is 0 Å². The van der Waals surface area contributed by atoms with Gasteiger partial charge in [-0.2, -0.15) is 0 Å². The first-order chi connectivity index (χ1) is 28.6. The maximum atomic E-state index is 5.22. The Bertz CT molecular complexity index is 3480. The molecule has 11 aromatic rings. The predicted molar refractivity (Wildman–Crippen MR) is 243 cm³/mol. The summed E-state index contributed by atoms with van der Waals surface area (Å²) in [6, 6.07) is 68.3. The average molecular weight is 740 g/mol. The molecule has 0 aliphatic heterocycles. The summed E-state index contributed by atoms with van der Waals surface area (Å²) in [5.74, 6) is 0.821. The monoisotopic (exact) mass is 739 g/mol. The third kappa shape index (κ3) is 4.62. The van der Waals surface area contributed by atoms with Crippen molar-refractivity contribution in [3.8, 4) is 50.5 Å². The summed E-state index contributed by atoms with van der Waals surface area (Å²) in [6.07, 6.45) is 0. The molecule has 0 bridgehead atoms. The molecule has 12 rings (SSSR count). The lowest BCUT2D eigenvalue weighted by Crippen LogP contribution is -2.14. The molecule has 2 aromatic heterocycles. The highest BCUT2D eigenvalue weighted by molar-refractivity contribution is 6.20. The Morgan fingerprint density at radius 3 is 1.83 bits per heavy atom. The van der Waals surface area contributed by atoms with Crippen molar-refractivity contribution in [3.63, 3.8) is 0 Å². The SMILES string of the molecule is CC1(C)c2ccccc2-c2c(-c3cccc4c3c3cc5ccccc5cc3n4-c3nnc(-c4ccc(-c5ccccc5)c5ccccc45)c4ccccc34)cccc21. The summed E-state index contributed by atoms with van der Waals surface area (Å²) in [6.45, 7) is 4.71. The molecular formula is C55H37N3. The lowest BCUT2D eigenvalue weighted by molar-refractivity contribution is 0.660. The molecule has 0 unspecified atom stereocenters. The van der Waals surface area contributed by atoms with Crippen molar-refractivity contribution >= 4 is 54.1 Å². The van der Waals surface area contributed by atoms with Crippen LogP contribution >= 0.6 is 0 Å². The molecule has 0 amide bonds. The van der Waals surface area contributed by atoms with Gasteiger partial charge in [-0.25, -0.2) is 0 Å². The Balaban J connectivity index is 1.14. The molecule has 2 heterocycles. The van der Waals surface area contributed by atoms with Crippen LogP contribution in [0.5, 0.6) is 0 Å². The van der Waals surface area contributed by atoms with Crippen molar-refractivity contribution in [3.05, 3.63) is 199 Å². The number of benzene rings is 9. The smallest absolute Gasteiger partial charge is 0.168 e. The molecule has 9 aromatic carbocycles. The standard InChI is InChI=1S/C55H37N3/c1-55(2)47-27-13-12-24-45(47)51-40(25-14-28-48(51)55)41-26-15-29-49-52(41)46-32-35-18-6-7-19-36(35)33-50(46)58(49)54-44-23-11-10-22-42(44)53(56-57-54)43-31-30-37(34-16-4-3-5-17-34)38-20-8-9-21-39(38)43/h3-33H,1-2H3. The second-order valence-electron chi connectivity index (χ2n) is 16.1. The van der Waals surface area contributed by atoms with E-state index in [9.17, 15) is 0 Å². The van der Waals surface area contributed by atoms with Crippen molar-refractivity contribution in [1.82, 2.24) is 14.8 Å². The highest BCUT2D eigenvalue weighted by atomic mass is 15.2. The highest BCUT2D eigenvalue weighted by Gasteiger charge is 2.37. The summed E-state index contributed by atoms with van der Waals surface area (Å²) in [4.78, 5) is 0. The summed E-state index contributed by atoms with van der Waals surface area (Å²) in [5, 5.41) is 19.7. The topological polar surface area (TPSA) is 30.7 Å². The van der Waals surface area contributed by atoms with Crippen molar-refractivity contribution in [2.45, 2.75) is 19.3 Å². The van der Waals surface area contributed by atoms with E-state index in [1.54, 1.807) is 0 Å². The average Bonchev–Trinajstić information content (AvgIpc) is 3.72.